The van der Waals surface area contributed by atoms with Gasteiger partial charge >= 0.3 is 0 Å². The Hall–Kier alpha value is -1.36. The first-order valence-electron chi connectivity index (χ1n) is 7.61. The minimum atomic E-state index is 0.131. The molecule has 1 heterocycles. The molecule has 0 aromatic carbocycles. The number of carbonyl (C=O) groups excluding carboxylic acids is 1. The Morgan fingerprint density at radius 2 is 2.25 bits per heavy atom. The van der Waals surface area contributed by atoms with Crippen molar-refractivity contribution in [2.45, 2.75) is 52.5 Å². The van der Waals surface area contributed by atoms with Crippen molar-refractivity contribution >= 4 is 5.91 Å². The Morgan fingerprint density at radius 1 is 1.45 bits per heavy atom. The van der Waals surface area contributed by atoms with E-state index in [9.17, 15) is 4.79 Å². The van der Waals surface area contributed by atoms with Gasteiger partial charge in [-0.2, -0.15) is 5.10 Å². The fraction of sp³-hybridized carbons (Fsp3) is 0.733. The van der Waals surface area contributed by atoms with Gasteiger partial charge in [0.05, 0.1) is 12.7 Å². The molecule has 0 saturated carbocycles. The predicted octanol–water partition coefficient (Wildman–Crippen LogP) is 1.85. The number of carbonyl (C=O) groups is 1. The van der Waals surface area contributed by atoms with E-state index in [0.29, 0.717) is 25.4 Å². The van der Waals surface area contributed by atoms with Crippen molar-refractivity contribution in [1.29, 1.82) is 0 Å². The molecule has 1 rings (SSSR count). The normalized spacial score (nSPS) is 12.3. The summed E-state index contributed by atoms with van der Waals surface area (Å²) >= 11 is 0. The van der Waals surface area contributed by atoms with E-state index >= 15 is 0 Å². The zero-order valence-electron chi connectivity index (χ0n) is 12.8. The molecule has 3 N–H and O–H groups in total. The summed E-state index contributed by atoms with van der Waals surface area (Å²) in [6.45, 7) is 6.25. The van der Waals surface area contributed by atoms with Crippen LogP contribution in [0.4, 0.5) is 0 Å². The van der Waals surface area contributed by atoms with E-state index in [-0.39, 0.29) is 5.91 Å². The quantitative estimate of drug-likeness (QED) is 0.687. The number of nitrogens with two attached hydrogens (primary N) is 1. The Labute approximate surface area is 121 Å². The summed E-state index contributed by atoms with van der Waals surface area (Å²) in [5.74, 6) is 0.719. The van der Waals surface area contributed by atoms with E-state index < -0.39 is 0 Å². The number of hydrogen-bond donors (Lipinski definition) is 2. The lowest BCUT2D eigenvalue weighted by Gasteiger charge is -2.14. The summed E-state index contributed by atoms with van der Waals surface area (Å²) in [6.07, 6.45) is 8.69. The molecule has 1 aromatic rings. The summed E-state index contributed by atoms with van der Waals surface area (Å²) in [4.78, 5) is 11.8. The molecule has 0 bridgehead atoms. The zero-order chi connectivity index (χ0) is 14.8. The third-order valence-electron chi connectivity index (χ3n) is 3.48. The summed E-state index contributed by atoms with van der Waals surface area (Å²) < 4.78 is 1.85. The molecule has 114 valence electrons. The minimum Gasteiger partial charge on any atom is -0.354 e. The zero-order valence-corrected chi connectivity index (χ0v) is 12.8. The second-order valence-electron chi connectivity index (χ2n) is 5.40. The van der Waals surface area contributed by atoms with Crippen molar-refractivity contribution in [3.8, 4) is 0 Å². The lowest BCUT2D eigenvalue weighted by Crippen LogP contribution is -2.27. The van der Waals surface area contributed by atoms with Crippen molar-refractivity contribution in [2.75, 3.05) is 13.1 Å². The highest BCUT2D eigenvalue weighted by atomic mass is 16.1. The van der Waals surface area contributed by atoms with Gasteiger partial charge in [-0.05, 0) is 37.8 Å². The topological polar surface area (TPSA) is 72.9 Å². The average Bonchev–Trinajstić information content (AvgIpc) is 2.82. The lowest BCUT2D eigenvalue weighted by molar-refractivity contribution is -0.121. The second kappa shape index (κ2) is 9.53. The maximum Gasteiger partial charge on any atom is 0.220 e. The molecule has 0 radical (unpaired) electrons. The molecule has 0 aliphatic heterocycles. The van der Waals surface area contributed by atoms with Gasteiger partial charge in [-0.3, -0.25) is 9.48 Å². The molecule has 5 heteroatoms. The molecule has 5 nitrogen and oxygen atoms in total. The van der Waals surface area contributed by atoms with Crippen LogP contribution in [0.3, 0.4) is 0 Å². The van der Waals surface area contributed by atoms with Crippen LogP contribution in [-0.4, -0.2) is 28.8 Å². The largest absolute Gasteiger partial charge is 0.354 e. The third kappa shape index (κ3) is 6.70. The van der Waals surface area contributed by atoms with Crippen LogP contribution >= 0.6 is 0 Å². The van der Waals surface area contributed by atoms with Crippen LogP contribution in [0.2, 0.25) is 0 Å². The molecule has 1 unspecified atom stereocenters. The molecule has 0 aliphatic carbocycles. The van der Waals surface area contributed by atoms with Gasteiger partial charge in [0.15, 0.2) is 0 Å². The van der Waals surface area contributed by atoms with Crippen LogP contribution in [0.1, 0.15) is 44.6 Å². The second-order valence-corrected chi connectivity index (χ2v) is 5.40. The Bertz CT molecular complexity index is 383. The standard InChI is InChI=1S/C15H28N4O/c1-3-4-14(7-8-16)5-6-15(20)17-9-10-19-12-13(2)11-18-19/h11-12,14H,3-10,16H2,1-2H3,(H,17,20). The minimum absolute atomic E-state index is 0.131. The van der Waals surface area contributed by atoms with Crippen molar-refractivity contribution in [3.63, 3.8) is 0 Å². The molecular formula is C15H28N4O. The van der Waals surface area contributed by atoms with Gasteiger partial charge in [-0.15, -0.1) is 0 Å². The van der Waals surface area contributed by atoms with Gasteiger partial charge in [0.2, 0.25) is 5.91 Å². The molecule has 0 saturated heterocycles. The molecule has 1 amide bonds. The number of nitrogens with zero attached hydrogens (tertiary/aromatic N) is 2. The Balaban J connectivity index is 2.16. The maximum absolute atomic E-state index is 11.8. The number of amides is 1. The number of hydrogen-bond acceptors (Lipinski definition) is 3. The number of aryl methyl sites for hydroxylation is 1. The molecule has 1 atom stereocenters. The summed E-state index contributed by atoms with van der Waals surface area (Å²) in [6, 6.07) is 0. The predicted molar refractivity (Wildman–Crippen MR) is 81.3 cm³/mol. The number of nitrogens with one attached hydrogen (secondary N) is 1. The SMILES string of the molecule is CCCC(CCN)CCC(=O)NCCn1cc(C)cn1. The highest BCUT2D eigenvalue weighted by Gasteiger charge is 2.09. The van der Waals surface area contributed by atoms with Crippen LogP contribution in [0.5, 0.6) is 0 Å². The van der Waals surface area contributed by atoms with Gasteiger partial charge in [-0.1, -0.05) is 19.8 Å². The molecular weight excluding hydrogens is 252 g/mol. The molecule has 20 heavy (non-hydrogen) atoms. The average molecular weight is 280 g/mol. The van der Waals surface area contributed by atoms with E-state index in [4.69, 9.17) is 5.73 Å². The van der Waals surface area contributed by atoms with Crippen LogP contribution in [0.15, 0.2) is 12.4 Å². The van der Waals surface area contributed by atoms with E-state index in [2.05, 4.69) is 17.3 Å². The monoisotopic (exact) mass is 280 g/mol. The van der Waals surface area contributed by atoms with Crippen LogP contribution < -0.4 is 11.1 Å². The smallest absolute Gasteiger partial charge is 0.220 e. The van der Waals surface area contributed by atoms with Gasteiger partial charge in [0, 0.05) is 19.2 Å². The van der Waals surface area contributed by atoms with Gasteiger partial charge in [-0.25, -0.2) is 0 Å². The van der Waals surface area contributed by atoms with Gasteiger partial charge in [0.25, 0.3) is 0 Å². The first-order valence-corrected chi connectivity index (χ1v) is 7.61. The number of aromatic nitrogens is 2. The van der Waals surface area contributed by atoms with E-state index in [0.717, 1.165) is 37.8 Å². The van der Waals surface area contributed by atoms with Crippen molar-refractivity contribution in [3.05, 3.63) is 18.0 Å². The summed E-state index contributed by atoms with van der Waals surface area (Å²) in [5.41, 5.74) is 6.74. The third-order valence-corrected chi connectivity index (χ3v) is 3.48. The fourth-order valence-corrected chi connectivity index (χ4v) is 2.40. The van der Waals surface area contributed by atoms with E-state index in [1.54, 1.807) is 0 Å². The van der Waals surface area contributed by atoms with Gasteiger partial charge in [0.1, 0.15) is 0 Å². The fourth-order valence-electron chi connectivity index (χ4n) is 2.40. The van der Waals surface area contributed by atoms with E-state index in [1.807, 2.05) is 24.0 Å². The Kier molecular flexibility index (Phi) is 7.95. The van der Waals surface area contributed by atoms with E-state index in [1.165, 1.54) is 0 Å². The first-order chi connectivity index (χ1) is 9.65. The first kappa shape index (κ1) is 16.7. The summed E-state index contributed by atoms with van der Waals surface area (Å²) in [5, 5.41) is 7.14. The van der Waals surface area contributed by atoms with Gasteiger partial charge < -0.3 is 11.1 Å². The van der Waals surface area contributed by atoms with Crippen LogP contribution in [-0.2, 0) is 11.3 Å². The maximum atomic E-state index is 11.8. The molecule has 0 fully saturated rings. The van der Waals surface area contributed by atoms with Crippen LogP contribution in [0.25, 0.3) is 0 Å². The molecule has 0 aliphatic rings. The highest BCUT2D eigenvalue weighted by Crippen LogP contribution is 2.16. The van der Waals surface area contributed by atoms with Crippen molar-refractivity contribution < 1.29 is 4.79 Å². The van der Waals surface area contributed by atoms with Crippen molar-refractivity contribution in [2.24, 2.45) is 11.7 Å². The summed E-state index contributed by atoms with van der Waals surface area (Å²) in [7, 11) is 0. The lowest BCUT2D eigenvalue weighted by atomic mass is 9.94. The molecule has 1 aromatic heterocycles. The van der Waals surface area contributed by atoms with Crippen LogP contribution in [0, 0.1) is 12.8 Å². The van der Waals surface area contributed by atoms with Crippen molar-refractivity contribution in [1.82, 2.24) is 15.1 Å². The Morgan fingerprint density at radius 3 is 2.85 bits per heavy atom. The highest BCUT2D eigenvalue weighted by molar-refractivity contribution is 5.75. The number of rotatable bonds is 10. The molecule has 0 spiro atoms.